The van der Waals surface area contributed by atoms with Crippen molar-refractivity contribution in [2.75, 3.05) is 19.6 Å². The van der Waals surface area contributed by atoms with E-state index in [9.17, 15) is 8.42 Å². The van der Waals surface area contributed by atoms with Gasteiger partial charge in [0.05, 0.1) is 4.90 Å². The summed E-state index contributed by atoms with van der Waals surface area (Å²) in [6, 6.07) is 4.66. The summed E-state index contributed by atoms with van der Waals surface area (Å²) in [6.07, 6.45) is 1.98. The molecule has 1 unspecified atom stereocenters. The Morgan fingerprint density at radius 1 is 1.47 bits per heavy atom. The van der Waals surface area contributed by atoms with Crippen molar-refractivity contribution in [1.82, 2.24) is 10.0 Å². The Bertz CT molecular complexity index is 545. The van der Waals surface area contributed by atoms with E-state index in [0.717, 1.165) is 25.9 Å². The zero-order chi connectivity index (χ0) is 13.9. The maximum Gasteiger partial charge on any atom is 0.241 e. The standard InChI is InChI=1S/C12H16BrClN2O2S/c13-11-7-10(14)1-2-12(11)19(17,18)16-6-4-9-3-5-15-8-9/h1-2,7,9,15-16H,3-6,8H2. The Kier molecular flexibility index (Phi) is 5.25. The molecule has 1 aromatic rings. The monoisotopic (exact) mass is 366 g/mol. The van der Waals surface area contributed by atoms with Crippen LogP contribution < -0.4 is 10.0 Å². The zero-order valence-corrected chi connectivity index (χ0v) is 13.5. The Morgan fingerprint density at radius 3 is 2.89 bits per heavy atom. The number of hydrogen-bond acceptors (Lipinski definition) is 3. The van der Waals surface area contributed by atoms with Crippen molar-refractivity contribution >= 4 is 37.6 Å². The largest absolute Gasteiger partial charge is 0.316 e. The molecule has 0 aliphatic carbocycles. The van der Waals surface area contributed by atoms with Gasteiger partial charge in [-0.2, -0.15) is 0 Å². The molecule has 2 rings (SSSR count). The lowest BCUT2D eigenvalue weighted by atomic mass is 10.1. The zero-order valence-electron chi connectivity index (χ0n) is 10.3. The number of rotatable bonds is 5. The lowest BCUT2D eigenvalue weighted by molar-refractivity contribution is 0.519. The SMILES string of the molecule is O=S(=O)(NCCC1CCNC1)c1ccc(Cl)cc1Br. The van der Waals surface area contributed by atoms with Gasteiger partial charge in [0.2, 0.25) is 10.0 Å². The van der Waals surface area contributed by atoms with Crippen LogP contribution in [-0.2, 0) is 10.0 Å². The minimum Gasteiger partial charge on any atom is -0.316 e. The third-order valence-electron chi connectivity index (χ3n) is 3.19. The molecule has 2 N–H and O–H groups in total. The summed E-state index contributed by atoms with van der Waals surface area (Å²) in [6.45, 7) is 2.47. The molecule has 1 fully saturated rings. The van der Waals surface area contributed by atoms with E-state index < -0.39 is 10.0 Å². The highest BCUT2D eigenvalue weighted by molar-refractivity contribution is 9.10. The maximum absolute atomic E-state index is 12.1. The first-order valence-electron chi connectivity index (χ1n) is 6.14. The van der Waals surface area contributed by atoms with Gasteiger partial charge in [-0.25, -0.2) is 13.1 Å². The molecule has 0 radical (unpaired) electrons. The molecule has 1 aliphatic rings. The topological polar surface area (TPSA) is 58.2 Å². The van der Waals surface area contributed by atoms with Crippen molar-refractivity contribution in [2.45, 2.75) is 17.7 Å². The van der Waals surface area contributed by atoms with E-state index in [1.165, 1.54) is 6.07 Å². The molecule has 0 bridgehead atoms. The van der Waals surface area contributed by atoms with Crippen molar-refractivity contribution in [1.29, 1.82) is 0 Å². The van der Waals surface area contributed by atoms with Crippen LogP contribution in [0.5, 0.6) is 0 Å². The summed E-state index contributed by atoms with van der Waals surface area (Å²) >= 11 is 9.03. The fraction of sp³-hybridized carbons (Fsp3) is 0.500. The highest BCUT2D eigenvalue weighted by Gasteiger charge is 2.19. The number of nitrogens with one attached hydrogen (secondary N) is 2. The molecule has 0 amide bonds. The molecular formula is C12H16BrClN2O2S. The average Bonchev–Trinajstić information content (AvgIpc) is 2.81. The Balaban J connectivity index is 1.97. The molecule has 1 atom stereocenters. The van der Waals surface area contributed by atoms with E-state index in [2.05, 4.69) is 26.0 Å². The van der Waals surface area contributed by atoms with Crippen LogP contribution in [0.2, 0.25) is 5.02 Å². The summed E-state index contributed by atoms with van der Waals surface area (Å²) in [4.78, 5) is 0.224. The van der Waals surface area contributed by atoms with Crippen LogP contribution in [0.1, 0.15) is 12.8 Å². The predicted octanol–water partition coefficient (Wildman–Crippen LogP) is 2.38. The van der Waals surface area contributed by atoms with E-state index >= 15 is 0 Å². The second-order valence-corrected chi connectivity index (χ2v) is 7.65. The van der Waals surface area contributed by atoms with Gasteiger partial charge in [0, 0.05) is 16.0 Å². The van der Waals surface area contributed by atoms with Gasteiger partial charge in [-0.1, -0.05) is 11.6 Å². The smallest absolute Gasteiger partial charge is 0.241 e. The number of sulfonamides is 1. The summed E-state index contributed by atoms with van der Waals surface area (Å²) in [5.41, 5.74) is 0. The first kappa shape index (κ1) is 15.3. The first-order chi connectivity index (χ1) is 8.99. The highest BCUT2D eigenvalue weighted by atomic mass is 79.9. The van der Waals surface area contributed by atoms with Crippen molar-refractivity contribution < 1.29 is 8.42 Å². The summed E-state index contributed by atoms with van der Waals surface area (Å²) in [7, 11) is -3.48. The fourth-order valence-corrected chi connectivity index (χ4v) is 4.56. The minimum absolute atomic E-state index is 0.224. The molecule has 4 nitrogen and oxygen atoms in total. The van der Waals surface area contributed by atoms with E-state index in [4.69, 9.17) is 11.6 Å². The van der Waals surface area contributed by atoms with Crippen LogP contribution >= 0.6 is 27.5 Å². The summed E-state index contributed by atoms with van der Waals surface area (Å²) in [5.74, 6) is 0.566. The van der Waals surface area contributed by atoms with Gasteiger partial charge >= 0.3 is 0 Å². The lowest BCUT2D eigenvalue weighted by Gasteiger charge is -2.11. The highest BCUT2D eigenvalue weighted by Crippen LogP contribution is 2.25. The number of benzene rings is 1. The van der Waals surface area contributed by atoms with E-state index in [1.54, 1.807) is 12.1 Å². The molecule has 0 saturated carbocycles. The number of hydrogen-bond donors (Lipinski definition) is 2. The van der Waals surface area contributed by atoms with Crippen molar-refractivity contribution in [3.8, 4) is 0 Å². The normalized spacial score (nSPS) is 19.8. The van der Waals surface area contributed by atoms with Gasteiger partial charge in [-0.05, 0) is 66.0 Å². The second kappa shape index (κ2) is 6.54. The molecule has 0 spiro atoms. The van der Waals surface area contributed by atoms with Crippen molar-refractivity contribution in [3.05, 3.63) is 27.7 Å². The Labute approximate surface area is 127 Å². The van der Waals surface area contributed by atoms with Crippen molar-refractivity contribution in [2.24, 2.45) is 5.92 Å². The second-order valence-electron chi connectivity index (χ2n) is 4.62. The van der Waals surface area contributed by atoms with Crippen LogP contribution in [0.15, 0.2) is 27.6 Å². The van der Waals surface area contributed by atoms with Crippen LogP contribution in [0.3, 0.4) is 0 Å². The summed E-state index contributed by atoms with van der Waals surface area (Å²) < 4.78 is 27.4. The molecule has 19 heavy (non-hydrogen) atoms. The maximum atomic E-state index is 12.1. The van der Waals surface area contributed by atoms with Crippen LogP contribution in [0.4, 0.5) is 0 Å². The van der Waals surface area contributed by atoms with Gasteiger partial charge in [0.1, 0.15) is 0 Å². The van der Waals surface area contributed by atoms with E-state index in [0.29, 0.717) is 22.0 Å². The van der Waals surface area contributed by atoms with E-state index in [1.807, 2.05) is 0 Å². The quantitative estimate of drug-likeness (QED) is 0.840. The fourth-order valence-electron chi connectivity index (χ4n) is 2.13. The van der Waals surface area contributed by atoms with Gasteiger partial charge in [-0.15, -0.1) is 0 Å². The average molecular weight is 368 g/mol. The predicted molar refractivity (Wildman–Crippen MR) is 79.9 cm³/mol. The van der Waals surface area contributed by atoms with Gasteiger partial charge < -0.3 is 5.32 Å². The van der Waals surface area contributed by atoms with Gasteiger partial charge in [0.25, 0.3) is 0 Å². The molecule has 1 aliphatic heterocycles. The molecule has 106 valence electrons. The Morgan fingerprint density at radius 2 is 2.26 bits per heavy atom. The summed E-state index contributed by atoms with van der Waals surface area (Å²) in [5, 5.41) is 3.77. The molecular weight excluding hydrogens is 352 g/mol. The number of halogens is 2. The third kappa shape index (κ3) is 4.16. The van der Waals surface area contributed by atoms with Gasteiger partial charge in [0.15, 0.2) is 0 Å². The molecule has 1 saturated heterocycles. The first-order valence-corrected chi connectivity index (χ1v) is 8.80. The molecule has 0 aromatic heterocycles. The van der Waals surface area contributed by atoms with Crippen LogP contribution in [-0.4, -0.2) is 28.1 Å². The van der Waals surface area contributed by atoms with E-state index in [-0.39, 0.29) is 4.90 Å². The van der Waals surface area contributed by atoms with Crippen LogP contribution in [0.25, 0.3) is 0 Å². The lowest BCUT2D eigenvalue weighted by Crippen LogP contribution is -2.27. The molecule has 7 heteroatoms. The Hall–Kier alpha value is -0.140. The van der Waals surface area contributed by atoms with Crippen LogP contribution in [0, 0.1) is 5.92 Å². The van der Waals surface area contributed by atoms with Crippen molar-refractivity contribution in [3.63, 3.8) is 0 Å². The molecule has 1 heterocycles. The van der Waals surface area contributed by atoms with Gasteiger partial charge in [-0.3, -0.25) is 0 Å². The third-order valence-corrected chi connectivity index (χ3v) is 5.86. The minimum atomic E-state index is -3.48. The molecule has 1 aromatic carbocycles.